The predicted octanol–water partition coefficient (Wildman–Crippen LogP) is 20.1. The Morgan fingerprint density at radius 1 is 0.373 bits per heavy atom. The fraction of sp³-hybridized carbons (Fsp3) is 0.110. The number of esters is 1. The van der Waals surface area contributed by atoms with Crippen LogP contribution in [-0.4, -0.2) is 36.7 Å². The van der Waals surface area contributed by atoms with Gasteiger partial charge in [-0.15, -0.1) is 0 Å². The van der Waals surface area contributed by atoms with E-state index in [1.165, 1.54) is 65.2 Å². The minimum absolute atomic E-state index is 0.135. The standard InChI is InChI=1S/C23H16F2O5S.C23H18F2.2C18H11F4S/c24-22(25,31(27,28)29)13-30-21(26)23-17-10-4-1-7-14(17)20(15-8-2-5-11-18(15)23)16-9-3-6-12-19(16)23;1-22(24,25)14-23-18-11-5-2-8-15(18)21(16-9-3-6-12-19(16)23)17-10-4-7-13-20(17)23;2*19-12-6-13(20)9-17(8-12)23(16-4-2-1-3-5-16)18-10-14(21)7-15(22)11-18/h1-12,20H,13H2,(H,27,28,29);2-13,21H,14H2,1H3;2*1-11H/q;;2*+1/p-1. The lowest BCUT2D eigenvalue weighted by Gasteiger charge is -2.51. The van der Waals surface area contributed by atoms with Crippen molar-refractivity contribution in [2.45, 2.75) is 76.6 Å². The van der Waals surface area contributed by atoms with Crippen molar-refractivity contribution in [2.75, 3.05) is 6.61 Å². The zero-order valence-electron chi connectivity index (χ0n) is 53.4. The summed E-state index contributed by atoms with van der Waals surface area (Å²) in [6, 6.07) is 76.2. The van der Waals surface area contributed by atoms with Gasteiger partial charge in [-0.3, -0.25) is 4.79 Å². The van der Waals surface area contributed by atoms with Crippen LogP contribution in [-0.2, 0) is 52.3 Å². The average Bonchev–Trinajstić information content (AvgIpc) is 0.682. The van der Waals surface area contributed by atoms with E-state index in [9.17, 15) is 70.5 Å². The second-order valence-corrected chi connectivity index (χ2v) is 30.2. The molecule has 0 unspecified atom stereocenters. The third-order valence-electron chi connectivity index (χ3n) is 18.1. The van der Waals surface area contributed by atoms with Gasteiger partial charge in [0.25, 0.3) is 0 Å². The lowest BCUT2D eigenvalue weighted by atomic mass is 9.51. The number of hydrogen-bond donors (Lipinski definition) is 0. The number of alkyl halides is 4. The van der Waals surface area contributed by atoms with Crippen molar-refractivity contribution < 1.29 is 75.2 Å². The Labute approximate surface area is 585 Å². The Hall–Kier alpha value is -10.1. The fourth-order valence-corrected chi connectivity index (χ4v) is 19.0. The molecule has 0 atom stereocenters. The number of carbonyl (C=O) groups excluding carboxylic acids is 1. The molecule has 0 aromatic heterocycles. The van der Waals surface area contributed by atoms with Crippen LogP contribution in [0.2, 0.25) is 0 Å². The van der Waals surface area contributed by atoms with E-state index in [4.69, 9.17) is 4.74 Å². The van der Waals surface area contributed by atoms with E-state index in [0.29, 0.717) is 46.1 Å². The first-order chi connectivity index (χ1) is 48.8. The maximum Gasteiger partial charge on any atom is 0.367 e. The number of benzene rings is 12. The van der Waals surface area contributed by atoms with Crippen LogP contribution in [0.15, 0.2) is 308 Å². The summed E-state index contributed by atoms with van der Waals surface area (Å²) in [5.41, 5.74) is 8.62. The quantitative estimate of drug-likeness (QED) is 0.0527. The molecule has 0 spiro atoms. The molecule has 12 aromatic carbocycles. The molecular weight excluding hydrogens is 1390 g/mol. The summed E-state index contributed by atoms with van der Waals surface area (Å²) in [4.78, 5) is 16.3. The minimum Gasteiger partial charge on any atom is -0.743 e. The fourth-order valence-electron chi connectivity index (χ4n) is 14.5. The zero-order valence-corrected chi connectivity index (χ0v) is 55.9. The number of hydrogen-bond acceptors (Lipinski definition) is 5. The van der Waals surface area contributed by atoms with E-state index in [1.54, 1.807) is 97.1 Å². The van der Waals surface area contributed by atoms with Crippen LogP contribution < -0.4 is 0 Å². The van der Waals surface area contributed by atoms with Gasteiger partial charge < -0.3 is 9.29 Å². The molecule has 18 rings (SSSR count). The van der Waals surface area contributed by atoms with Gasteiger partial charge in [-0.25, -0.2) is 52.3 Å². The van der Waals surface area contributed by atoms with E-state index in [-0.39, 0.29) is 18.3 Å². The molecule has 0 radical (unpaired) electrons. The summed E-state index contributed by atoms with van der Waals surface area (Å²) >= 11 is 0. The van der Waals surface area contributed by atoms with Gasteiger partial charge in [0.2, 0.25) is 5.92 Å². The van der Waals surface area contributed by atoms with Gasteiger partial charge in [-0.1, -0.05) is 182 Å². The maximum atomic E-state index is 14.4. The van der Waals surface area contributed by atoms with Gasteiger partial charge >= 0.3 is 11.2 Å². The Morgan fingerprint density at radius 3 is 0.863 bits per heavy atom. The SMILES string of the molecule is CC(F)(F)CC12c3ccccc3C(c3ccccc31)c1ccccc12.Fc1cc(F)cc([S+](c2ccccc2)c2cc(F)cc(F)c2)c1.Fc1cc(F)cc([S+](c2ccccc2)c2cc(F)cc(F)c2)c1.O=C(OCC(F)(F)S(=O)(=O)[O-])C12c3ccccc3C(c3ccccc31)c1ccccc12. The Morgan fingerprint density at radius 2 is 0.608 bits per heavy atom. The normalized spacial score (nSPS) is 17.0. The van der Waals surface area contributed by atoms with Crippen molar-refractivity contribution in [3.63, 3.8) is 0 Å². The van der Waals surface area contributed by atoms with Crippen molar-refractivity contribution in [2.24, 2.45) is 0 Å². The van der Waals surface area contributed by atoms with Crippen LogP contribution in [0.25, 0.3) is 0 Å². The van der Waals surface area contributed by atoms with Gasteiger partial charge in [-0.05, 0) is 98.0 Å². The summed E-state index contributed by atoms with van der Waals surface area (Å²) in [5.74, 6) is -9.67. The van der Waals surface area contributed by atoms with Crippen LogP contribution in [0.3, 0.4) is 0 Å². The number of ether oxygens (including phenoxy) is 1. The van der Waals surface area contributed by atoms with Gasteiger partial charge in [0.1, 0.15) is 52.0 Å². The van der Waals surface area contributed by atoms with Crippen molar-refractivity contribution in [3.05, 3.63) is 392 Å². The molecule has 0 aliphatic heterocycles. The summed E-state index contributed by atoms with van der Waals surface area (Å²) < 4.78 is 203. The maximum absolute atomic E-state index is 14.4. The number of halogens is 12. The van der Waals surface area contributed by atoms with Crippen molar-refractivity contribution in [1.29, 1.82) is 0 Å². The van der Waals surface area contributed by atoms with E-state index >= 15 is 0 Å². The van der Waals surface area contributed by atoms with E-state index in [2.05, 4.69) is 18.2 Å². The van der Waals surface area contributed by atoms with Crippen LogP contribution in [0, 0.1) is 46.5 Å². The monoisotopic (exact) mass is 1440 g/mol. The molecule has 6 aliphatic rings. The topological polar surface area (TPSA) is 83.5 Å². The summed E-state index contributed by atoms with van der Waals surface area (Å²) in [5, 5.41) is -4.73. The largest absolute Gasteiger partial charge is 0.743 e. The Bertz CT molecular complexity index is 4730. The second kappa shape index (κ2) is 28.0. The van der Waals surface area contributed by atoms with E-state index in [1.807, 2.05) is 91.0 Å². The molecule has 0 heterocycles. The Kier molecular flexibility index (Phi) is 19.3. The Balaban J connectivity index is 0.000000122. The lowest BCUT2D eigenvalue weighted by Crippen LogP contribution is -2.49. The molecule has 0 N–H and O–H groups in total. The molecule has 0 amide bonds. The molecule has 4 bridgehead atoms. The first-order valence-electron chi connectivity index (χ1n) is 31.6. The molecule has 514 valence electrons. The predicted molar refractivity (Wildman–Crippen MR) is 364 cm³/mol. The first-order valence-corrected chi connectivity index (χ1v) is 35.5. The van der Waals surface area contributed by atoms with E-state index < -0.39 is 113 Å². The van der Waals surface area contributed by atoms with Gasteiger partial charge in [0, 0.05) is 91.1 Å². The molecule has 12 aromatic rings. The lowest BCUT2D eigenvalue weighted by molar-refractivity contribution is -0.153. The minimum atomic E-state index is -5.99. The molecule has 6 aliphatic carbocycles. The summed E-state index contributed by atoms with van der Waals surface area (Å²) in [6.07, 6.45) is -0.211. The van der Waals surface area contributed by atoms with Crippen LogP contribution in [0.1, 0.15) is 91.9 Å². The molecule has 0 saturated carbocycles. The van der Waals surface area contributed by atoms with Crippen LogP contribution in [0.4, 0.5) is 52.7 Å². The molecule has 0 saturated heterocycles. The van der Waals surface area contributed by atoms with Crippen molar-refractivity contribution in [1.82, 2.24) is 0 Å². The summed E-state index contributed by atoms with van der Waals surface area (Å²) in [7, 11) is -8.02. The highest BCUT2D eigenvalue weighted by molar-refractivity contribution is 7.97. The molecule has 102 heavy (non-hydrogen) atoms. The highest BCUT2D eigenvalue weighted by Crippen LogP contribution is 2.63. The van der Waals surface area contributed by atoms with Gasteiger partial charge in [0.15, 0.2) is 46.1 Å². The van der Waals surface area contributed by atoms with Crippen LogP contribution in [0.5, 0.6) is 0 Å². The third kappa shape index (κ3) is 13.3. The molecule has 0 fully saturated rings. The van der Waals surface area contributed by atoms with E-state index in [0.717, 1.165) is 64.6 Å². The van der Waals surface area contributed by atoms with Crippen LogP contribution >= 0.6 is 0 Å². The van der Waals surface area contributed by atoms with Gasteiger partial charge in [0.05, 0.1) is 27.2 Å². The smallest absolute Gasteiger partial charge is 0.367 e. The highest BCUT2D eigenvalue weighted by Gasteiger charge is 2.58. The average molecular weight is 1440 g/mol. The summed E-state index contributed by atoms with van der Waals surface area (Å²) in [6.45, 7) is -0.814. The third-order valence-corrected chi connectivity index (χ3v) is 23.3. The van der Waals surface area contributed by atoms with Crippen molar-refractivity contribution >= 4 is 37.9 Å². The number of rotatable bonds is 12. The molecule has 5 nitrogen and oxygen atoms in total. The number of carbonyl (C=O) groups is 1. The molecule has 20 heteroatoms. The first kappa shape index (κ1) is 70.3. The zero-order chi connectivity index (χ0) is 72.0. The van der Waals surface area contributed by atoms with Gasteiger partial charge in [-0.2, -0.15) is 8.78 Å². The molecular formula is C82H55F12O5S3+. The second-order valence-electron chi connectivity index (χ2n) is 24.6. The van der Waals surface area contributed by atoms with Crippen molar-refractivity contribution in [3.8, 4) is 0 Å². The highest BCUT2D eigenvalue weighted by atomic mass is 32.2.